The van der Waals surface area contributed by atoms with Gasteiger partial charge in [0.2, 0.25) is 5.91 Å². The molecule has 2 N–H and O–H groups in total. The van der Waals surface area contributed by atoms with Gasteiger partial charge < -0.3 is 10.1 Å². The highest BCUT2D eigenvalue weighted by molar-refractivity contribution is 5.79. The van der Waals surface area contributed by atoms with Gasteiger partial charge in [-0.15, -0.1) is 0 Å². The fourth-order valence-electron chi connectivity index (χ4n) is 2.61. The summed E-state index contributed by atoms with van der Waals surface area (Å²) in [5.74, 6) is 0.995. The number of amides is 1. The first-order chi connectivity index (χ1) is 10.8. The van der Waals surface area contributed by atoms with Crippen molar-refractivity contribution in [2.75, 3.05) is 7.11 Å². The Morgan fingerprint density at radius 2 is 2.05 bits per heavy atom. The summed E-state index contributed by atoms with van der Waals surface area (Å²) in [5.41, 5.74) is 2.92. The highest BCUT2D eigenvalue weighted by Gasteiger charge is 2.19. The average molecular weight is 297 g/mol. The van der Waals surface area contributed by atoms with Crippen molar-refractivity contribution in [1.82, 2.24) is 15.5 Å². The second-order valence-corrected chi connectivity index (χ2v) is 5.36. The second kappa shape index (κ2) is 6.47. The van der Waals surface area contributed by atoms with E-state index in [4.69, 9.17) is 4.74 Å². The molecule has 2 aromatic rings. The Kier molecular flexibility index (Phi) is 4.23. The van der Waals surface area contributed by atoms with E-state index in [0.717, 1.165) is 35.4 Å². The monoisotopic (exact) mass is 297 g/mol. The zero-order valence-corrected chi connectivity index (χ0v) is 12.5. The summed E-state index contributed by atoms with van der Waals surface area (Å²) in [6.07, 6.45) is 7.55. The summed E-state index contributed by atoms with van der Waals surface area (Å²) in [7, 11) is 1.64. The molecule has 0 bridgehead atoms. The van der Waals surface area contributed by atoms with Gasteiger partial charge in [0, 0.05) is 23.6 Å². The largest absolute Gasteiger partial charge is 0.497 e. The molecule has 0 radical (unpaired) electrons. The van der Waals surface area contributed by atoms with E-state index in [0.29, 0.717) is 6.54 Å². The minimum Gasteiger partial charge on any atom is -0.497 e. The van der Waals surface area contributed by atoms with Crippen LogP contribution in [-0.4, -0.2) is 23.2 Å². The van der Waals surface area contributed by atoms with E-state index < -0.39 is 0 Å². The molecule has 0 saturated heterocycles. The van der Waals surface area contributed by atoms with Crippen molar-refractivity contribution in [2.45, 2.75) is 19.4 Å². The Hall–Kier alpha value is -2.56. The van der Waals surface area contributed by atoms with Crippen LogP contribution >= 0.6 is 0 Å². The summed E-state index contributed by atoms with van der Waals surface area (Å²) in [4.78, 5) is 12.1. The molecule has 1 heterocycles. The third-order valence-electron chi connectivity index (χ3n) is 3.93. The van der Waals surface area contributed by atoms with Crippen LogP contribution in [0.4, 0.5) is 0 Å². The lowest BCUT2D eigenvalue weighted by atomic mass is 10.1. The third kappa shape index (κ3) is 3.03. The lowest BCUT2D eigenvalue weighted by Gasteiger charge is -2.10. The van der Waals surface area contributed by atoms with Gasteiger partial charge in [-0.05, 0) is 37.1 Å². The number of aromatic nitrogens is 2. The van der Waals surface area contributed by atoms with E-state index >= 15 is 0 Å². The lowest BCUT2D eigenvalue weighted by molar-refractivity contribution is -0.124. The molecule has 0 spiro atoms. The summed E-state index contributed by atoms with van der Waals surface area (Å²) in [5, 5.41) is 10.1. The quantitative estimate of drug-likeness (QED) is 0.834. The Bertz CT molecular complexity index is 665. The fraction of sp³-hybridized carbons (Fsp3) is 0.294. The molecular weight excluding hydrogens is 278 g/mol. The van der Waals surface area contributed by atoms with Crippen LogP contribution in [0.2, 0.25) is 0 Å². The molecule has 0 atom stereocenters. The number of carbonyl (C=O) groups is 1. The van der Waals surface area contributed by atoms with E-state index in [2.05, 4.69) is 27.7 Å². The van der Waals surface area contributed by atoms with Crippen molar-refractivity contribution in [3.05, 3.63) is 48.2 Å². The predicted octanol–water partition coefficient (Wildman–Crippen LogP) is 2.67. The van der Waals surface area contributed by atoms with Crippen LogP contribution in [0.5, 0.6) is 5.75 Å². The number of hydrogen-bond donors (Lipinski definition) is 2. The van der Waals surface area contributed by atoms with Gasteiger partial charge in [0.1, 0.15) is 5.75 Å². The highest BCUT2D eigenvalue weighted by atomic mass is 16.5. The molecule has 1 aliphatic carbocycles. The summed E-state index contributed by atoms with van der Waals surface area (Å²) < 4.78 is 5.16. The number of carbonyl (C=O) groups excluding carboxylic acids is 1. The fourth-order valence-corrected chi connectivity index (χ4v) is 2.61. The van der Waals surface area contributed by atoms with Crippen molar-refractivity contribution in [3.63, 3.8) is 0 Å². The number of methoxy groups -OCH3 is 1. The normalized spacial score (nSPS) is 14.2. The molecule has 1 aromatic heterocycles. The molecular formula is C17H19N3O2. The first kappa shape index (κ1) is 14.4. The number of allylic oxidation sites excluding steroid dienone is 2. The van der Waals surface area contributed by atoms with Gasteiger partial charge in [-0.3, -0.25) is 9.89 Å². The topological polar surface area (TPSA) is 67.0 Å². The summed E-state index contributed by atoms with van der Waals surface area (Å²) in [6.45, 7) is 0.479. The molecule has 5 nitrogen and oxygen atoms in total. The zero-order chi connectivity index (χ0) is 15.4. The Morgan fingerprint density at radius 1 is 1.32 bits per heavy atom. The van der Waals surface area contributed by atoms with Crippen molar-refractivity contribution in [3.8, 4) is 17.0 Å². The van der Waals surface area contributed by atoms with Crippen LogP contribution < -0.4 is 10.1 Å². The van der Waals surface area contributed by atoms with Gasteiger partial charge in [-0.1, -0.05) is 12.2 Å². The van der Waals surface area contributed by atoms with E-state index in [1.165, 1.54) is 0 Å². The zero-order valence-electron chi connectivity index (χ0n) is 12.5. The van der Waals surface area contributed by atoms with Crippen LogP contribution in [0, 0.1) is 5.92 Å². The standard InChI is InChI=1S/C17H19N3O2/c1-22-15-8-6-12(7-9-15)16-14(11-19-20-16)10-18-17(21)13-4-2-3-5-13/h2-3,6-9,11,13H,4-5,10H2,1H3,(H,18,21)(H,19,20). The molecule has 0 fully saturated rings. The lowest BCUT2D eigenvalue weighted by Crippen LogP contribution is -2.28. The van der Waals surface area contributed by atoms with E-state index in [-0.39, 0.29) is 11.8 Å². The minimum absolute atomic E-state index is 0.0799. The van der Waals surface area contributed by atoms with Crippen molar-refractivity contribution < 1.29 is 9.53 Å². The maximum absolute atomic E-state index is 12.1. The third-order valence-corrected chi connectivity index (χ3v) is 3.93. The maximum Gasteiger partial charge on any atom is 0.224 e. The van der Waals surface area contributed by atoms with Gasteiger partial charge >= 0.3 is 0 Å². The molecule has 5 heteroatoms. The summed E-state index contributed by atoms with van der Waals surface area (Å²) in [6, 6.07) is 7.75. The van der Waals surface area contributed by atoms with Crippen LogP contribution in [0.15, 0.2) is 42.6 Å². The van der Waals surface area contributed by atoms with Crippen LogP contribution in [0.3, 0.4) is 0 Å². The van der Waals surface area contributed by atoms with Crippen molar-refractivity contribution >= 4 is 5.91 Å². The Balaban J connectivity index is 1.67. The van der Waals surface area contributed by atoms with Crippen LogP contribution in [0.1, 0.15) is 18.4 Å². The first-order valence-corrected chi connectivity index (χ1v) is 7.37. The molecule has 0 aliphatic heterocycles. The number of H-pyrrole nitrogens is 1. The number of nitrogens with one attached hydrogen (secondary N) is 2. The second-order valence-electron chi connectivity index (χ2n) is 5.36. The Morgan fingerprint density at radius 3 is 2.73 bits per heavy atom. The molecule has 114 valence electrons. The smallest absolute Gasteiger partial charge is 0.224 e. The molecule has 1 aromatic carbocycles. The number of nitrogens with zero attached hydrogens (tertiary/aromatic N) is 1. The molecule has 0 saturated carbocycles. The number of rotatable bonds is 5. The SMILES string of the molecule is COc1ccc(-c2[nH]ncc2CNC(=O)C2CC=CC2)cc1. The molecule has 22 heavy (non-hydrogen) atoms. The van der Waals surface area contributed by atoms with E-state index in [1.807, 2.05) is 24.3 Å². The van der Waals surface area contributed by atoms with Gasteiger partial charge in [-0.25, -0.2) is 0 Å². The number of ether oxygens (including phenoxy) is 1. The van der Waals surface area contributed by atoms with Crippen LogP contribution in [0.25, 0.3) is 11.3 Å². The van der Waals surface area contributed by atoms with Gasteiger partial charge in [0.15, 0.2) is 0 Å². The first-order valence-electron chi connectivity index (χ1n) is 7.37. The number of hydrogen-bond acceptors (Lipinski definition) is 3. The maximum atomic E-state index is 12.1. The van der Waals surface area contributed by atoms with E-state index in [9.17, 15) is 4.79 Å². The average Bonchev–Trinajstić information content (AvgIpc) is 3.24. The van der Waals surface area contributed by atoms with Crippen molar-refractivity contribution in [1.29, 1.82) is 0 Å². The van der Waals surface area contributed by atoms with Crippen LogP contribution in [-0.2, 0) is 11.3 Å². The number of benzene rings is 1. The highest BCUT2D eigenvalue weighted by Crippen LogP contribution is 2.24. The van der Waals surface area contributed by atoms with Crippen molar-refractivity contribution in [2.24, 2.45) is 5.92 Å². The van der Waals surface area contributed by atoms with Gasteiger partial charge in [0.05, 0.1) is 19.0 Å². The predicted molar refractivity (Wildman–Crippen MR) is 84.3 cm³/mol. The molecule has 1 amide bonds. The van der Waals surface area contributed by atoms with E-state index in [1.54, 1.807) is 13.3 Å². The minimum atomic E-state index is 0.0799. The molecule has 3 rings (SSSR count). The van der Waals surface area contributed by atoms with Gasteiger partial charge in [-0.2, -0.15) is 5.10 Å². The number of aromatic amines is 1. The molecule has 1 aliphatic rings. The Labute approximate surface area is 129 Å². The summed E-state index contributed by atoms with van der Waals surface area (Å²) >= 11 is 0. The molecule has 0 unspecified atom stereocenters. The van der Waals surface area contributed by atoms with Gasteiger partial charge in [0.25, 0.3) is 0 Å².